The summed E-state index contributed by atoms with van der Waals surface area (Å²) < 4.78 is 0. The summed E-state index contributed by atoms with van der Waals surface area (Å²) in [5.41, 5.74) is 0. The van der Waals surface area contributed by atoms with Crippen LogP contribution in [0.15, 0.2) is 0 Å². The van der Waals surface area contributed by atoms with Gasteiger partial charge in [-0.3, -0.25) is 0 Å². The second-order valence-corrected chi connectivity index (χ2v) is 4.07. The Morgan fingerprint density at radius 3 is 1.54 bits per heavy atom. The van der Waals surface area contributed by atoms with Gasteiger partial charge in [-0.1, -0.05) is 46.0 Å². The lowest BCUT2D eigenvalue weighted by molar-refractivity contribution is 0.277. The van der Waals surface area contributed by atoms with E-state index in [9.17, 15) is 0 Å². The molecule has 0 amide bonds. The molecule has 1 heteroatoms. The van der Waals surface area contributed by atoms with Crippen molar-refractivity contribution in [2.45, 2.75) is 58.8 Å². The molecule has 0 unspecified atom stereocenters. The van der Waals surface area contributed by atoms with Crippen LogP contribution in [0.3, 0.4) is 0 Å². The summed E-state index contributed by atoms with van der Waals surface area (Å²) in [7, 11) is 2.19. The third kappa shape index (κ3) is 9.88. The van der Waals surface area contributed by atoms with Gasteiger partial charge in [-0.25, -0.2) is 0 Å². The van der Waals surface area contributed by atoms with Gasteiger partial charge in [0.05, 0.1) is 0 Å². The largest absolute Gasteiger partial charge is 0.306 e. The number of hydrogen-bond acceptors (Lipinski definition) is 1. The zero-order chi connectivity index (χ0) is 9.94. The van der Waals surface area contributed by atoms with E-state index in [1.807, 2.05) is 0 Å². The minimum absolute atomic E-state index is 1.32. The number of unbranched alkanes of at least 4 members (excludes halogenated alkanes) is 3. The van der Waals surface area contributed by atoms with Gasteiger partial charge in [-0.2, -0.15) is 0 Å². The SMILES string of the molecule is CCCCCC.CN1CCCCC1. The highest BCUT2D eigenvalue weighted by atomic mass is 15.1. The Labute approximate surface area is 84.5 Å². The van der Waals surface area contributed by atoms with Crippen LogP contribution in [0.2, 0.25) is 0 Å². The van der Waals surface area contributed by atoms with Crippen molar-refractivity contribution in [1.82, 2.24) is 4.90 Å². The highest BCUT2D eigenvalue weighted by Crippen LogP contribution is 2.04. The van der Waals surface area contributed by atoms with E-state index in [2.05, 4.69) is 25.8 Å². The van der Waals surface area contributed by atoms with Gasteiger partial charge in [0.15, 0.2) is 0 Å². The van der Waals surface area contributed by atoms with Gasteiger partial charge >= 0.3 is 0 Å². The minimum Gasteiger partial charge on any atom is -0.306 e. The summed E-state index contributed by atoms with van der Waals surface area (Å²) >= 11 is 0. The molecule has 1 heterocycles. The first-order valence-electron chi connectivity index (χ1n) is 5.99. The van der Waals surface area contributed by atoms with Crippen LogP contribution in [0, 0.1) is 0 Å². The van der Waals surface area contributed by atoms with Crippen LogP contribution in [-0.2, 0) is 0 Å². The second kappa shape index (κ2) is 10.0. The second-order valence-electron chi connectivity index (χ2n) is 4.07. The molecule has 0 aromatic heterocycles. The van der Waals surface area contributed by atoms with Crippen LogP contribution in [0.25, 0.3) is 0 Å². The summed E-state index contributed by atoms with van der Waals surface area (Å²) in [6, 6.07) is 0. The van der Waals surface area contributed by atoms with E-state index in [1.165, 1.54) is 58.0 Å². The zero-order valence-corrected chi connectivity index (χ0v) is 9.81. The van der Waals surface area contributed by atoms with E-state index in [0.717, 1.165) is 0 Å². The van der Waals surface area contributed by atoms with Gasteiger partial charge in [0.2, 0.25) is 0 Å². The number of nitrogens with zero attached hydrogens (tertiary/aromatic N) is 1. The quantitative estimate of drug-likeness (QED) is 0.606. The Kier molecular flexibility index (Phi) is 10.0. The average Bonchev–Trinajstić information content (AvgIpc) is 2.17. The molecule has 0 atom stereocenters. The fourth-order valence-electron chi connectivity index (χ4n) is 1.55. The van der Waals surface area contributed by atoms with Crippen LogP contribution in [0.1, 0.15) is 58.8 Å². The Bertz CT molecular complexity index is 81.1. The van der Waals surface area contributed by atoms with Crippen LogP contribution in [-0.4, -0.2) is 25.0 Å². The van der Waals surface area contributed by atoms with Crippen molar-refractivity contribution in [3.05, 3.63) is 0 Å². The van der Waals surface area contributed by atoms with Gasteiger partial charge in [0.1, 0.15) is 0 Å². The molecule has 13 heavy (non-hydrogen) atoms. The third-order valence-corrected chi connectivity index (χ3v) is 2.54. The molecule has 0 aromatic rings. The third-order valence-electron chi connectivity index (χ3n) is 2.54. The van der Waals surface area contributed by atoms with Crippen molar-refractivity contribution >= 4 is 0 Å². The topological polar surface area (TPSA) is 3.24 Å². The molecule has 1 rings (SSSR count). The lowest BCUT2D eigenvalue weighted by atomic mass is 10.1. The molecule has 0 radical (unpaired) electrons. The van der Waals surface area contributed by atoms with Crippen molar-refractivity contribution in [3.8, 4) is 0 Å². The maximum absolute atomic E-state index is 2.39. The normalized spacial score (nSPS) is 17.8. The van der Waals surface area contributed by atoms with Crippen molar-refractivity contribution < 1.29 is 0 Å². The maximum Gasteiger partial charge on any atom is -0.00218 e. The smallest absolute Gasteiger partial charge is 0.00218 e. The summed E-state index contributed by atoms with van der Waals surface area (Å²) in [5.74, 6) is 0. The Morgan fingerprint density at radius 1 is 0.846 bits per heavy atom. The summed E-state index contributed by atoms with van der Waals surface area (Å²) in [4.78, 5) is 2.39. The fourth-order valence-corrected chi connectivity index (χ4v) is 1.55. The highest BCUT2D eigenvalue weighted by molar-refractivity contribution is 4.58. The van der Waals surface area contributed by atoms with E-state index in [-0.39, 0.29) is 0 Å². The molecule has 1 fully saturated rings. The first-order valence-corrected chi connectivity index (χ1v) is 5.99. The molecule has 0 N–H and O–H groups in total. The molecular weight excluding hydrogens is 158 g/mol. The molecule has 1 aliphatic heterocycles. The van der Waals surface area contributed by atoms with Crippen LogP contribution < -0.4 is 0 Å². The Hall–Kier alpha value is -0.0400. The lowest BCUT2D eigenvalue weighted by Crippen LogP contribution is -2.24. The first kappa shape index (κ1) is 13.0. The van der Waals surface area contributed by atoms with Gasteiger partial charge in [-0.15, -0.1) is 0 Å². The number of likely N-dealkylation sites (tertiary alicyclic amines) is 1. The van der Waals surface area contributed by atoms with Gasteiger partial charge in [0, 0.05) is 0 Å². The van der Waals surface area contributed by atoms with Crippen LogP contribution >= 0.6 is 0 Å². The molecule has 80 valence electrons. The van der Waals surface area contributed by atoms with E-state index < -0.39 is 0 Å². The predicted octanol–water partition coefficient (Wildman–Crippen LogP) is 3.69. The minimum atomic E-state index is 1.32. The summed E-state index contributed by atoms with van der Waals surface area (Å²) in [6.45, 7) is 7.10. The van der Waals surface area contributed by atoms with Gasteiger partial charge in [-0.05, 0) is 33.0 Å². The van der Waals surface area contributed by atoms with Gasteiger partial charge in [0.25, 0.3) is 0 Å². The predicted molar refractivity (Wildman–Crippen MR) is 61.2 cm³/mol. The van der Waals surface area contributed by atoms with E-state index in [4.69, 9.17) is 0 Å². The average molecular weight is 185 g/mol. The fraction of sp³-hybridized carbons (Fsp3) is 1.00. The molecule has 1 saturated heterocycles. The molecule has 0 aromatic carbocycles. The molecule has 1 nitrogen and oxygen atoms in total. The molecule has 0 aliphatic carbocycles. The standard InChI is InChI=1S/C6H13N.C6H14/c1-7-5-3-2-4-6-7;1-3-5-6-4-2/h2-6H2,1H3;3-6H2,1-2H3. The van der Waals surface area contributed by atoms with Crippen molar-refractivity contribution in [3.63, 3.8) is 0 Å². The maximum atomic E-state index is 2.39. The lowest BCUT2D eigenvalue weighted by Gasteiger charge is -2.20. The number of piperidine rings is 1. The molecule has 1 aliphatic rings. The van der Waals surface area contributed by atoms with Crippen molar-refractivity contribution in [1.29, 1.82) is 0 Å². The van der Waals surface area contributed by atoms with Crippen LogP contribution in [0.5, 0.6) is 0 Å². The number of hydrogen-bond donors (Lipinski definition) is 0. The Morgan fingerprint density at radius 2 is 1.31 bits per heavy atom. The van der Waals surface area contributed by atoms with E-state index >= 15 is 0 Å². The zero-order valence-electron chi connectivity index (χ0n) is 9.81. The van der Waals surface area contributed by atoms with Crippen molar-refractivity contribution in [2.75, 3.05) is 20.1 Å². The van der Waals surface area contributed by atoms with Gasteiger partial charge < -0.3 is 4.90 Å². The molecule has 0 saturated carbocycles. The monoisotopic (exact) mass is 185 g/mol. The summed E-state index contributed by atoms with van der Waals surface area (Å²) in [5, 5.41) is 0. The molecule has 0 bridgehead atoms. The van der Waals surface area contributed by atoms with E-state index in [0.29, 0.717) is 0 Å². The van der Waals surface area contributed by atoms with Crippen molar-refractivity contribution in [2.24, 2.45) is 0 Å². The van der Waals surface area contributed by atoms with E-state index in [1.54, 1.807) is 0 Å². The Balaban J connectivity index is 0.000000226. The van der Waals surface area contributed by atoms with Crippen LogP contribution in [0.4, 0.5) is 0 Å². The number of rotatable bonds is 3. The molecule has 0 spiro atoms. The summed E-state index contributed by atoms with van der Waals surface area (Å²) in [6.07, 6.45) is 9.81. The molecular formula is C12H27N. The highest BCUT2D eigenvalue weighted by Gasteiger charge is 2.02. The first-order chi connectivity index (χ1) is 6.31.